The van der Waals surface area contributed by atoms with Gasteiger partial charge in [0.05, 0.1) is 22.1 Å². The van der Waals surface area contributed by atoms with Crippen LogP contribution >= 0.6 is 0 Å². The van der Waals surface area contributed by atoms with Crippen molar-refractivity contribution in [3.8, 4) is 35.4 Å². The molecule has 10 heteroatoms. The molecule has 2 aromatic carbocycles. The molecule has 42 heavy (non-hydrogen) atoms. The van der Waals surface area contributed by atoms with Crippen LogP contribution in [0.3, 0.4) is 0 Å². The maximum Gasteiger partial charge on any atom is 0.300 e. The van der Waals surface area contributed by atoms with Crippen LogP contribution in [0.5, 0.6) is 23.8 Å². The summed E-state index contributed by atoms with van der Waals surface area (Å²) in [5.41, 5.74) is 4.21. The van der Waals surface area contributed by atoms with Crippen molar-refractivity contribution in [3.63, 3.8) is 0 Å². The zero-order valence-electron chi connectivity index (χ0n) is 24.2. The van der Waals surface area contributed by atoms with Crippen LogP contribution in [0.4, 0.5) is 0 Å². The van der Waals surface area contributed by atoms with Gasteiger partial charge in [0.2, 0.25) is 11.8 Å². The van der Waals surface area contributed by atoms with E-state index in [0.717, 1.165) is 22.2 Å². The van der Waals surface area contributed by atoms with Crippen LogP contribution in [-0.2, 0) is 31.9 Å². The van der Waals surface area contributed by atoms with Crippen molar-refractivity contribution >= 4 is 22.1 Å². The molecule has 2 N–H and O–H groups in total. The molecule has 0 aliphatic rings. The van der Waals surface area contributed by atoms with Gasteiger partial charge in [0, 0.05) is 33.2 Å². The SMILES string of the molecule is CC(C)(C)c1cc(Oc2cc(C(C)(C)C)cc(-n3c(O)nc4ccccc43)n2)nc(-n2c(O)nc3ccccc32)c1.[Pt]. The van der Waals surface area contributed by atoms with Gasteiger partial charge in [-0.2, -0.15) is 19.9 Å². The third-order valence-corrected chi connectivity index (χ3v) is 7.06. The van der Waals surface area contributed by atoms with Crippen molar-refractivity contribution in [2.24, 2.45) is 0 Å². The van der Waals surface area contributed by atoms with Gasteiger partial charge in [-0.1, -0.05) is 65.8 Å². The summed E-state index contributed by atoms with van der Waals surface area (Å²) in [6, 6.07) is 22.3. The minimum atomic E-state index is -0.241. The first kappa shape index (κ1) is 29.3. The monoisotopic (exact) mass is 743 g/mol. The summed E-state index contributed by atoms with van der Waals surface area (Å²) in [6.45, 7) is 12.6. The number of benzene rings is 2. The quantitative estimate of drug-likeness (QED) is 0.201. The van der Waals surface area contributed by atoms with E-state index in [1.165, 1.54) is 0 Å². The van der Waals surface area contributed by atoms with E-state index < -0.39 is 0 Å². The van der Waals surface area contributed by atoms with Crippen LogP contribution in [0.1, 0.15) is 52.7 Å². The Labute approximate surface area is 258 Å². The molecule has 0 atom stereocenters. The molecule has 0 fully saturated rings. The topological polar surface area (TPSA) is 111 Å². The molecule has 4 aromatic heterocycles. The molecule has 0 amide bonds. The van der Waals surface area contributed by atoms with E-state index in [0.29, 0.717) is 34.4 Å². The molecule has 218 valence electrons. The summed E-state index contributed by atoms with van der Waals surface area (Å²) in [5.74, 6) is 1.58. The van der Waals surface area contributed by atoms with Gasteiger partial charge in [-0.05, 0) is 58.4 Å². The van der Waals surface area contributed by atoms with Gasteiger partial charge in [-0.3, -0.25) is 0 Å². The van der Waals surface area contributed by atoms with E-state index in [4.69, 9.17) is 14.7 Å². The Bertz CT molecular complexity index is 1790. The fourth-order valence-electron chi connectivity index (χ4n) is 4.77. The van der Waals surface area contributed by atoms with E-state index in [1.807, 2.05) is 72.8 Å². The Morgan fingerprint density at radius 2 is 0.952 bits per heavy atom. The van der Waals surface area contributed by atoms with Gasteiger partial charge >= 0.3 is 12.0 Å². The summed E-state index contributed by atoms with van der Waals surface area (Å²) in [4.78, 5) is 18.2. The van der Waals surface area contributed by atoms with Crippen molar-refractivity contribution in [1.29, 1.82) is 0 Å². The first-order chi connectivity index (χ1) is 19.4. The Kier molecular flexibility index (Phi) is 7.35. The second kappa shape index (κ2) is 10.6. The fourth-order valence-corrected chi connectivity index (χ4v) is 4.77. The summed E-state index contributed by atoms with van der Waals surface area (Å²) in [7, 11) is 0. The average molecular weight is 744 g/mol. The Morgan fingerprint density at radius 3 is 1.33 bits per heavy atom. The molecule has 0 saturated heterocycles. The molecule has 0 bridgehead atoms. The number of rotatable bonds is 4. The van der Waals surface area contributed by atoms with Gasteiger partial charge < -0.3 is 14.9 Å². The van der Waals surface area contributed by atoms with E-state index in [-0.39, 0.29) is 43.9 Å². The number of para-hydroxylation sites is 4. The first-order valence-corrected chi connectivity index (χ1v) is 13.5. The molecular formula is C32H32N6O3Pt. The van der Waals surface area contributed by atoms with E-state index in [2.05, 4.69) is 51.5 Å². The number of nitrogens with zero attached hydrogens (tertiary/aromatic N) is 6. The largest absolute Gasteiger partial charge is 0.480 e. The Hall–Kier alpha value is -4.23. The maximum absolute atomic E-state index is 10.8. The second-order valence-corrected chi connectivity index (χ2v) is 12.2. The minimum absolute atomic E-state index is 0. The molecule has 0 spiro atoms. The van der Waals surface area contributed by atoms with Crippen LogP contribution in [0.15, 0.2) is 72.8 Å². The van der Waals surface area contributed by atoms with Crippen LogP contribution in [-0.4, -0.2) is 39.3 Å². The molecule has 4 heterocycles. The predicted octanol–water partition coefficient (Wildman–Crippen LogP) is 6.95. The van der Waals surface area contributed by atoms with Gasteiger partial charge in [-0.15, -0.1) is 0 Å². The molecular weight excluding hydrogens is 711 g/mol. The number of imidazole rings is 2. The number of ether oxygens (including phenoxy) is 1. The van der Waals surface area contributed by atoms with E-state index in [9.17, 15) is 10.2 Å². The molecule has 0 unspecified atom stereocenters. The molecule has 0 radical (unpaired) electrons. The Balaban J connectivity index is 0.00000353. The molecule has 0 aliphatic carbocycles. The standard InChI is InChI=1S/C32H32N6O3.Pt/c1-31(2,3)19-15-25(37-23-13-9-7-11-21(23)33-29(37)39)35-27(17-19)41-28-18-20(32(4,5)6)16-26(36-28)38-24-14-10-8-12-22(24)34-30(38)40;/h7-18H,1-6H3,(H,33,39)(H,34,40);. The number of aromatic nitrogens is 6. The van der Waals surface area contributed by atoms with Crippen molar-refractivity contribution in [3.05, 3.63) is 83.9 Å². The number of fused-ring (bicyclic) bond motifs is 2. The van der Waals surface area contributed by atoms with Gasteiger partial charge in [0.1, 0.15) is 11.6 Å². The maximum atomic E-state index is 10.8. The summed E-state index contributed by atoms with van der Waals surface area (Å²) >= 11 is 0. The third kappa shape index (κ3) is 5.37. The average Bonchev–Trinajstić information content (AvgIpc) is 3.42. The molecule has 6 rings (SSSR count). The molecule has 0 aliphatic heterocycles. The molecule has 0 saturated carbocycles. The normalized spacial score (nSPS) is 12.0. The molecule has 9 nitrogen and oxygen atoms in total. The zero-order chi connectivity index (χ0) is 29.1. The van der Waals surface area contributed by atoms with Crippen LogP contribution in [0.2, 0.25) is 0 Å². The van der Waals surface area contributed by atoms with Crippen molar-refractivity contribution in [2.75, 3.05) is 0 Å². The summed E-state index contributed by atoms with van der Waals surface area (Å²) in [6.07, 6.45) is 0. The number of aromatic hydroxyl groups is 2. The number of pyridine rings is 2. The number of hydrogen-bond donors (Lipinski definition) is 2. The third-order valence-electron chi connectivity index (χ3n) is 7.06. The van der Waals surface area contributed by atoms with Crippen LogP contribution in [0, 0.1) is 0 Å². The van der Waals surface area contributed by atoms with Gasteiger partial charge in [0.15, 0.2) is 0 Å². The van der Waals surface area contributed by atoms with Crippen LogP contribution < -0.4 is 4.74 Å². The van der Waals surface area contributed by atoms with Gasteiger partial charge in [0.25, 0.3) is 0 Å². The zero-order valence-corrected chi connectivity index (χ0v) is 26.5. The number of hydrogen-bond acceptors (Lipinski definition) is 7. The smallest absolute Gasteiger partial charge is 0.300 e. The predicted molar refractivity (Wildman–Crippen MR) is 159 cm³/mol. The summed E-state index contributed by atoms with van der Waals surface area (Å²) in [5, 5.41) is 21.5. The van der Waals surface area contributed by atoms with Crippen molar-refractivity contribution in [2.45, 2.75) is 52.4 Å². The summed E-state index contributed by atoms with van der Waals surface area (Å²) < 4.78 is 9.60. The minimum Gasteiger partial charge on any atom is -0.480 e. The Morgan fingerprint density at radius 1 is 0.571 bits per heavy atom. The molecule has 6 aromatic rings. The first-order valence-electron chi connectivity index (χ1n) is 13.5. The van der Waals surface area contributed by atoms with Crippen LogP contribution in [0.25, 0.3) is 33.7 Å². The van der Waals surface area contributed by atoms with Crippen molar-refractivity contribution < 1.29 is 36.0 Å². The van der Waals surface area contributed by atoms with E-state index in [1.54, 1.807) is 9.13 Å². The second-order valence-electron chi connectivity index (χ2n) is 12.2. The van der Waals surface area contributed by atoms with E-state index >= 15 is 0 Å². The van der Waals surface area contributed by atoms with Gasteiger partial charge in [-0.25, -0.2) is 9.13 Å². The van der Waals surface area contributed by atoms with Crippen molar-refractivity contribution in [1.82, 2.24) is 29.1 Å². The fraction of sp³-hybridized carbons (Fsp3) is 0.250.